The molecule has 0 aliphatic heterocycles. The molecule has 0 saturated carbocycles. The number of rotatable bonds is 9. The van der Waals surface area contributed by atoms with Crippen molar-refractivity contribution in [1.29, 1.82) is 0 Å². The first kappa shape index (κ1) is 21.4. The lowest BCUT2D eigenvalue weighted by Crippen LogP contribution is -2.34. The molecule has 152 valence electrons. The molecule has 9 nitrogen and oxygen atoms in total. The van der Waals surface area contributed by atoms with E-state index in [-0.39, 0.29) is 31.0 Å². The van der Waals surface area contributed by atoms with E-state index in [9.17, 15) is 9.59 Å². The molecule has 0 aliphatic rings. The summed E-state index contributed by atoms with van der Waals surface area (Å²) in [5.74, 6) is 0.859. The molecule has 0 atom stereocenters. The van der Waals surface area contributed by atoms with Crippen LogP contribution in [0.4, 0.5) is 0 Å². The van der Waals surface area contributed by atoms with E-state index >= 15 is 0 Å². The zero-order valence-corrected chi connectivity index (χ0v) is 17.2. The lowest BCUT2D eigenvalue weighted by Gasteiger charge is -2.13. The summed E-state index contributed by atoms with van der Waals surface area (Å²) in [6.45, 7) is 6.43. The normalized spacial score (nSPS) is 10.6. The third-order valence-corrected chi connectivity index (χ3v) is 4.11. The molecule has 0 fully saturated rings. The van der Waals surface area contributed by atoms with Crippen molar-refractivity contribution in [3.05, 3.63) is 34.4 Å². The number of aromatic amines is 1. The van der Waals surface area contributed by atoms with Crippen molar-refractivity contribution in [2.75, 3.05) is 13.7 Å². The molecular formula is C18H25N5O4S. The maximum atomic E-state index is 12.4. The number of carbonyl (C=O) groups is 2. The number of hydrogen-bond donors (Lipinski definition) is 3. The van der Waals surface area contributed by atoms with E-state index in [4.69, 9.17) is 21.7 Å². The second-order valence-electron chi connectivity index (χ2n) is 6.25. The smallest absolute Gasteiger partial charge is 0.258 e. The van der Waals surface area contributed by atoms with Crippen molar-refractivity contribution < 1.29 is 19.1 Å². The van der Waals surface area contributed by atoms with Crippen LogP contribution in [-0.2, 0) is 17.9 Å². The molecule has 28 heavy (non-hydrogen) atoms. The Balaban J connectivity index is 2.02. The minimum Gasteiger partial charge on any atom is -0.493 e. The van der Waals surface area contributed by atoms with Crippen LogP contribution in [0.2, 0.25) is 0 Å². The summed E-state index contributed by atoms with van der Waals surface area (Å²) < 4.78 is 13.1. The number of carbonyl (C=O) groups excluding carboxylic acids is 2. The van der Waals surface area contributed by atoms with Crippen LogP contribution < -0.4 is 20.1 Å². The van der Waals surface area contributed by atoms with E-state index in [1.807, 2.05) is 20.8 Å². The Kier molecular flexibility index (Phi) is 7.56. The molecular weight excluding hydrogens is 382 g/mol. The summed E-state index contributed by atoms with van der Waals surface area (Å²) in [4.78, 5) is 24.2. The SMILES string of the molecule is CCn1c(CNC(=O)c2ccc(OCC(=O)NC(C)C)c(OC)c2)n[nH]c1=S. The highest BCUT2D eigenvalue weighted by molar-refractivity contribution is 7.71. The van der Waals surface area contributed by atoms with Gasteiger partial charge in [-0.2, -0.15) is 5.10 Å². The van der Waals surface area contributed by atoms with Gasteiger partial charge >= 0.3 is 0 Å². The van der Waals surface area contributed by atoms with Gasteiger partial charge in [-0.1, -0.05) is 0 Å². The van der Waals surface area contributed by atoms with Gasteiger partial charge in [0.2, 0.25) is 0 Å². The second-order valence-corrected chi connectivity index (χ2v) is 6.64. The molecule has 0 saturated heterocycles. The van der Waals surface area contributed by atoms with Crippen molar-refractivity contribution in [1.82, 2.24) is 25.4 Å². The van der Waals surface area contributed by atoms with Crippen molar-refractivity contribution >= 4 is 24.0 Å². The Morgan fingerprint density at radius 3 is 2.71 bits per heavy atom. The predicted molar refractivity (Wildman–Crippen MR) is 106 cm³/mol. The minimum absolute atomic E-state index is 0.0294. The zero-order chi connectivity index (χ0) is 20.7. The van der Waals surface area contributed by atoms with Crippen LogP contribution in [0, 0.1) is 4.77 Å². The summed E-state index contributed by atoms with van der Waals surface area (Å²) in [5, 5.41) is 12.4. The first-order chi connectivity index (χ1) is 13.3. The fraction of sp³-hybridized carbons (Fsp3) is 0.444. The van der Waals surface area contributed by atoms with E-state index in [1.54, 1.807) is 22.8 Å². The average molecular weight is 407 g/mol. The van der Waals surface area contributed by atoms with E-state index in [1.165, 1.54) is 7.11 Å². The molecule has 0 radical (unpaired) electrons. The molecule has 2 amide bonds. The Morgan fingerprint density at radius 2 is 2.07 bits per heavy atom. The zero-order valence-electron chi connectivity index (χ0n) is 16.4. The minimum atomic E-state index is -0.293. The summed E-state index contributed by atoms with van der Waals surface area (Å²) in [5.41, 5.74) is 0.396. The molecule has 0 spiro atoms. The number of H-pyrrole nitrogens is 1. The number of methoxy groups -OCH3 is 1. The third-order valence-electron chi connectivity index (χ3n) is 3.79. The van der Waals surface area contributed by atoms with Gasteiger partial charge in [0.05, 0.1) is 13.7 Å². The Morgan fingerprint density at radius 1 is 1.32 bits per heavy atom. The fourth-order valence-electron chi connectivity index (χ4n) is 2.51. The van der Waals surface area contributed by atoms with Crippen molar-refractivity contribution in [2.45, 2.75) is 39.9 Å². The van der Waals surface area contributed by atoms with Crippen molar-refractivity contribution in [2.24, 2.45) is 0 Å². The monoisotopic (exact) mass is 407 g/mol. The van der Waals surface area contributed by atoms with E-state index in [0.717, 1.165) is 0 Å². The van der Waals surface area contributed by atoms with Crippen LogP contribution in [0.15, 0.2) is 18.2 Å². The number of amides is 2. The molecule has 1 aromatic heterocycles. The van der Waals surface area contributed by atoms with Gasteiger partial charge in [0, 0.05) is 18.2 Å². The molecule has 1 heterocycles. The first-order valence-corrected chi connectivity index (χ1v) is 9.29. The van der Waals surface area contributed by atoms with E-state index < -0.39 is 0 Å². The molecule has 1 aromatic carbocycles. The predicted octanol–water partition coefficient (Wildman–Crippen LogP) is 1.80. The second kappa shape index (κ2) is 9.88. The number of aromatic nitrogens is 3. The standard InChI is InChI=1S/C18H25N5O4S/c1-5-23-15(21-22-18(23)28)9-19-17(25)12-6-7-13(14(8-12)26-4)27-10-16(24)20-11(2)3/h6-8,11H,5,9-10H2,1-4H3,(H,19,25)(H,20,24)(H,22,28). The van der Waals surface area contributed by atoms with Gasteiger partial charge in [-0.05, 0) is 51.2 Å². The van der Waals surface area contributed by atoms with Crippen LogP contribution in [0.1, 0.15) is 37.0 Å². The summed E-state index contributed by atoms with van der Waals surface area (Å²) in [7, 11) is 1.47. The van der Waals surface area contributed by atoms with E-state index in [0.29, 0.717) is 34.2 Å². The van der Waals surface area contributed by atoms with Crippen LogP contribution in [-0.4, -0.2) is 46.3 Å². The maximum absolute atomic E-state index is 12.4. The Bertz CT molecular complexity index is 890. The van der Waals surface area contributed by atoms with Gasteiger partial charge in [0.25, 0.3) is 11.8 Å². The fourth-order valence-corrected chi connectivity index (χ4v) is 2.79. The van der Waals surface area contributed by atoms with Crippen LogP contribution >= 0.6 is 12.2 Å². The summed E-state index contributed by atoms with van der Waals surface area (Å²) in [6.07, 6.45) is 0. The van der Waals surface area contributed by atoms with Crippen molar-refractivity contribution in [3.8, 4) is 11.5 Å². The highest BCUT2D eigenvalue weighted by Gasteiger charge is 2.14. The summed E-state index contributed by atoms with van der Waals surface area (Å²) >= 11 is 5.13. The van der Waals surface area contributed by atoms with Crippen LogP contribution in [0.3, 0.4) is 0 Å². The largest absolute Gasteiger partial charge is 0.493 e. The molecule has 2 aromatic rings. The number of nitrogens with zero attached hydrogens (tertiary/aromatic N) is 2. The van der Waals surface area contributed by atoms with Gasteiger partial charge in [-0.15, -0.1) is 0 Å². The third kappa shape index (κ3) is 5.56. The number of ether oxygens (including phenoxy) is 2. The first-order valence-electron chi connectivity index (χ1n) is 8.88. The van der Waals surface area contributed by atoms with Gasteiger partial charge in [-0.3, -0.25) is 14.7 Å². The van der Waals surface area contributed by atoms with Crippen LogP contribution in [0.25, 0.3) is 0 Å². The number of hydrogen-bond acceptors (Lipinski definition) is 6. The Hall–Kier alpha value is -2.88. The quantitative estimate of drug-likeness (QED) is 0.547. The topological polar surface area (TPSA) is 110 Å². The van der Waals surface area contributed by atoms with Gasteiger partial charge in [0.1, 0.15) is 0 Å². The summed E-state index contributed by atoms with van der Waals surface area (Å²) in [6, 6.07) is 4.78. The van der Waals surface area contributed by atoms with Gasteiger partial charge in [-0.25, -0.2) is 0 Å². The molecule has 0 aliphatic carbocycles. The molecule has 0 bridgehead atoms. The highest BCUT2D eigenvalue weighted by Crippen LogP contribution is 2.28. The molecule has 0 unspecified atom stereocenters. The molecule has 10 heteroatoms. The average Bonchev–Trinajstić information content (AvgIpc) is 3.03. The number of benzene rings is 1. The van der Waals surface area contributed by atoms with Gasteiger partial charge in [0.15, 0.2) is 28.7 Å². The Labute approximate surface area is 168 Å². The molecule has 3 N–H and O–H groups in total. The van der Waals surface area contributed by atoms with Crippen LogP contribution in [0.5, 0.6) is 11.5 Å². The van der Waals surface area contributed by atoms with Gasteiger partial charge < -0.3 is 24.7 Å². The number of nitrogens with one attached hydrogen (secondary N) is 3. The maximum Gasteiger partial charge on any atom is 0.258 e. The molecule has 2 rings (SSSR count). The van der Waals surface area contributed by atoms with Crippen molar-refractivity contribution in [3.63, 3.8) is 0 Å². The highest BCUT2D eigenvalue weighted by atomic mass is 32.1. The lowest BCUT2D eigenvalue weighted by atomic mass is 10.2. The van der Waals surface area contributed by atoms with E-state index in [2.05, 4.69) is 20.8 Å². The lowest BCUT2D eigenvalue weighted by molar-refractivity contribution is -0.123.